The zero-order valence-electron chi connectivity index (χ0n) is 11.8. The van der Waals surface area contributed by atoms with Crippen molar-refractivity contribution in [1.82, 2.24) is 5.32 Å². The van der Waals surface area contributed by atoms with Gasteiger partial charge in [0.25, 0.3) is 0 Å². The molecule has 1 aromatic carbocycles. The Bertz CT molecular complexity index is 493. The normalized spacial score (nSPS) is 18.8. The molecule has 0 aliphatic heterocycles. The van der Waals surface area contributed by atoms with E-state index >= 15 is 0 Å². The molecule has 0 heterocycles. The maximum absolute atomic E-state index is 12.0. The van der Waals surface area contributed by atoms with E-state index in [9.17, 15) is 9.59 Å². The number of amides is 1. The SMILES string of the molecule is C[C@@H](CC(=O)c1ccccc1)NC(=O)C[C@@H]1C=CCC1. The quantitative estimate of drug-likeness (QED) is 0.638. The summed E-state index contributed by atoms with van der Waals surface area (Å²) in [6.07, 6.45) is 7.24. The number of Topliss-reactive ketones (excluding diaryl/α,β-unsaturated/α-hetero) is 1. The number of hydrogen-bond acceptors (Lipinski definition) is 2. The van der Waals surface area contributed by atoms with Gasteiger partial charge < -0.3 is 5.32 Å². The van der Waals surface area contributed by atoms with E-state index in [0.717, 1.165) is 12.8 Å². The van der Waals surface area contributed by atoms with E-state index in [4.69, 9.17) is 0 Å². The Morgan fingerprint density at radius 3 is 2.70 bits per heavy atom. The fraction of sp³-hybridized carbons (Fsp3) is 0.412. The fourth-order valence-corrected chi connectivity index (χ4v) is 2.51. The van der Waals surface area contributed by atoms with E-state index in [0.29, 0.717) is 24.3 Å². The molecule has 2 atom stereocenters. The minimum atomic E-state index is -0.124. The summed E-state index contributed by atoms with van der Waals surface area (Å²) in [5.41, 5.74) is 0.701. The Labute approximate surface area is 120 Å². The molecule has 1 aliphatic carbocycles. The number of rotatable bonds is 6. The standard InChI is InChI=1S/C17H21NO2/c1-13(11-16(19)15-9-3-2-4-10-15)18-17(20)12-14-7-5-6-8-14/h2-5,7,9-10,13-14H,6,8,11-12H2,1H3,(H,18,20)/t13-,14+/m0/s1. The van der Waals surface area contributed by atoms with Crippen molar-refractivity contribution < 1.29 is 9.59 Å². The van der Waals surface area contributed by atoms with Crippen LogP contribution in [0.15, 0.2) is 42.5 Å². The van der Waals surface area contributed by atoms with Crippen LogP contribution < -0.4 is 5.32 Å². The Morgan fingerprint density at radius 1 is 1.30 bits per heavy atom. The van der Waals surface area contributed by atoms with Crippen molar-refractivity contribution in [3.63, 3.8) is 0 Å². The van der Waals surface area contributed by atoms with Gasteiger partial charge >= 0.3 is 0 Å². The maximum atomic E-state index is 12.0. The van der Waals surface area contributed by atoms with Crippen LogP contribution in [-0.2, 0) is 4.79 Å². The highest BCUT2D eigenvalue weighted by atomic mass is 16.1. The molecule has 0 radical (unpaired) electrons. The average molecular weight is 271 g/mol. The number of benzene rings is 1. The van der Waals surface area contributed by atoms with Gasteiger partial charge in [-0.15, -0.1) is 0 Å². The second-order valence-electron chi connectivity index (χ2n) is 5.43. The first-order chi connectivity index (χ1) is 9.65. The summed E-state index contributed by atoms with van der Waals surface area (Å²) in [7, 11) is 0. The third kappa shape index (κ3) is 4.34. The first-order valence-electron chi connectivity index (χ1n) is 7.19. The van der Waals surface area contributed by atoms with E-state index in [1.807, 2.05) is 25.1 Å². The fourth-order valence-electron chi connectivity index (χ4n) is 2.51. The molecular formula is C17H21NO2. The number of hydrogen-bond donors (Lipinski definition) is 1. The van der Waals surface area contributed by atoms with Gasteiger partial charge in [-0.2, -0.15) is 0 Å². The molecule has 20 heavy (non-hydrogen) atoms. The van der Waals surface area contributed by atoms with E-state index in [1.165, 1.54) is 0 Å². The molecule has 0 bridgehead atoms. The van der Waals surface area contributed by atoms with Crippen molar-refractivity contribution in [1.29, 1.82) is 0 Å². The summed E-state index contributed by atoms with van der Waals surface area (Å²) in [5.74, 6) is 0.473. The van der Waals surface area contributed by atoms with Gasteiger partial charge in [0.05, 0.1) is 0 Å². The van der Waals surface area contributed by atoms with Gasteiger partial charge in [0, 0.05) is 24.4 Å². The van der Waals surface area contributed by atoms with E-state index in [1.54, 1.807) is 12.1 Å². The predicted octanol–water partition coefficient (Wildman–Crippen LogP) is 3.12. The number of ketones is 1. The summed E-state index contributed by atoms with van der Waals surface area (Å²) >= 11 is 0. The van der Waals surface area contributed by atoms with Gasteiger partial charge in [0.2, 0.25) is 5.91 Å². The molecule has 3 nitrogen and oxygen atoms in total. The molecule has 0 aromatic heterocycles. The minimum absolute atomic E-state index is 0.0370. The highest BCUT2D eigenvalue weighted by Crippen LogP contribution is 2.20. The third-order valence-corrected chi connectivity index (χ3v) is 3.55. The van der Waals surface area contributed by atoms with Crippen molar-refractivity contribution in [2.45, 2.75) is 38.6 Å². The van der Waals surface area contributed by atoms with Gasteiger partial charge in [-0.3, -0.25) is 9.59 Å². The Kier molecular flexibility index (Phi) is 5.10. The molecule has 1 aromatic rings. The van der Waals surface area contributed by atoms with E-state index in [2.05, 4.69) is 17.5 Å². The lowest BCUT2D eigenvalue weighted by Gasteiger charge is -2.14. The zero-order valence-corrected chi connectivity index (χ0v) is 11.8. The highest BCUT2D eigenvalue weighted by molar-refractivity contribution is 5.96. The smallest absolute Gasteiger partial charge is 0.220 e. The summed E-state index contributed by atoms with van der Waals surface area (Å²) < 4.78 is 0. The van der Waals surface area contributed by atoms with Gasteiger partial charge in [-0.05, 0) is 25.7 Å². The maximum Gasteiger partial charge on any atom is 0.220 e. The van der Waals surface area contributed by atoms with Crippen molar-refractivity contribution in [2.24, 2.45) is 5.92 Å². The summed E-state index contributed by atoms with van der Waals surface area (Å²) in [5, 5.41) is 2.91. The largest absolute Gasteiger partial charge is 0.353 e. The van der Waals surface area contributed by atoms with Gasteiger partial charge in [-0.1, -0.05) is 42.5 Å². The molecule has 1 amide bonds. The van der Waals surface area contributed by atoms with Gasteiger partial charge in [0.15, 0.2) is 5.78 Å². The Morgan fingerprint density at radius 2 is 2.05 bits per heavy atom. The van der Waals surface area contributed by atoms with Crippen molar-refractivity contribution >= 4 is 11.7 Å². The van der Waals surface area contributed by atoms with Crippen molar-refractivity contribution in [2.75, 3.05) is 0 Å². The monoisotopic (exact) mass is 271 g/mol. The minimum Gasteiger partial charge on any atom is -0.353 e. The highest BCUT2D eigenvalue weighted by Gasteiger charge is 2.17. The lowest BCUT2D eigenvalue weighted by Crippen LogP contribution is -2.34. The van der Waals surface area contributed by atoms with Crippen molar-refractivity contribution in [3.05, 3.63) is 48.0 Å². The predicted molar refractivity (Wildman–Crippen MR) is 79.5 cm³/mol. The summed E-state index contributed by atoms with van der Waals surface area (Å²) in [6.45, 7) is 1.88. The van der Waals surface area contributed by atoms with Crippen LogP contribution in [-0.4, -0.2) is 17.7 Å². The molecule has 1 aliphatic rings. The van der Waals surface area contributed by atoms with Crippen LogP contribution in [0.5, 0.6) is 0 Å². The van der Waals surface area contributed by atoms with Gasteiger partial charge in [-0.25, -0.2) is 0 Å². The van der Waals surface area contributed by atoms with E-state index in [-0.39, 0.29) is 17.7 Å². The molecule has 106 valence electrons. The molecule has 0 saturated carbocycles. The molecule has 0 fully saturated rings. The van der Waals surface area contributed by atoms with Crippen LogP contribution in [0.4, 0.5) is 0 Å². The topological polar surface area (TPSA) is 46.2 Å². The third-order valence-electron chi connectivity index (χ3n) is 3.55. The van der Waals surface area contributed by atoms with Crippen LogP contribution >= 0.6 is 0 Å². The molecule has 0 unspecified atom stereocenters. The Hall–Kier alpha value is -1.90. The van der Waals surface area contributed by atoms with Gasteiger partial charge in [0.1, 0.15) is 0 Å². The van der Waals surface area contributed by atoms with Crippen LogP contribution in [0.1, 0.15) is 43.0 Å². The van der Waals surface area contributed by atoms with E-state index < -0.39 is 0 Å². The van der Waals surface area contributed by atoms with Crippen LogP contribution in [0, 0.1) is 5.92 Å². The lowest BCUT2D eigenvalue weighted by molar-refractivity contribution is -0.122. The summed E-state index contributed by atoms with van der Waals surface area (Å²) in [4.78, 5) is 23.9. The second-order valence-corrected chi connectivity index (χ2v) is 5.43. The lowest BCUT2D eigenvalue weighted by atomic mass is 10.0. The number of carbonyl (C=O) groups excluding carboxylic acids is 2. The van der Waals surface area contributed by atoms with Crippen LogP contribution in [0.2, 0.25) is 0 Å². The number of allylic oxidation sites excluding steroid dienone is 2. The zero-order chi connectivity index (χ0) is 14.4. The van der Waals surface area contributed by atoms with Crippen molar-refractivity contribution in [3.8, 4) is 0 Å². The number of nitrogens with one attached hydrogen (secondary N) is 1. The second kappa shape index (κ2) is 7.04. The average Bonchev–Trinajstić information content (AvgIpc) is 2.92. The van der Waals surface area contributed by atoms with Crippen LogP contribution in [0.3, 0.4) is 0 Å². The summed E-state index contributed by atoms with van der Waals surface area (Å²) in [6, 6.07) is 9.07. The first-order valence-corrected chi connectivity index (χ1v) is 7.19. The Balaban J connectivity index is 1.77. The molecule has 2 rings (SSSR count). The number of carbonyl (C=O) groups is 2. The molecule has 0 spiro atoms. The van der Waals surface area contributed by atoms with Crippen LogP contribution in [0.25, 0.3) is 0 Å². The molecule has 1 N–H and O–H groups in total. The molecular weight excluding hydrogens is 250 g/mol. The molecule has 0 saturated heterocycles. The first kappa shape index (κ1) is 14.5. The molecule has 3 heteroatoms.